The van der Waals surface area contributed by atoms with Gasteiger partial charge in [0.2, 0.25) is 5.91 Å². The fourth-order valence-corrected chi connectivity index (χ4v) is 3.01. The van der Waals surface area contributed by atoms with Crippen LogP contribution in [-0.2, 0) is 17.8 Å². The van der Waals surface area contributed by atoms with Crippen LogP contribution in [0.2, 0.25) is 0 Å². The number of fused-ring (bicyclic) bond motifs is 1. The minimum absolute atomic E-state index is 0.0464. The smallest absolute Gasteiger partial charge is 0.221 e. The lowest BCUT2D eigenvalue weighted by Crippen LogP contribution is -2.16. The number of nitrogens with one attached hydrogen (secondary N) is 3. The summed E-state index contributed by atoms with van der Waals surface area (Å²) >= 11 is 0. The minimum Gasteiger partial charge on any atom is -0.361 e. The number of amides is 1. The normalized spacial score (nSPS) is 10.9. The van der Waals surface area contributed by atoms with Crippen LogP contribution in [0.3, 0.4) is 0 Å². The first kappa shape index (κ1) is 16.3. The van der Waals surface area contributed by atoms with E-state index in [0.717, 1.165) is 25.2 Å². The van der Waals surface area contributed by atoms with E-state index in [1.807, 2.05) is 24.3 Å². The molecule has 0 saturated carbocycles. The first-order valence-corrected chi connectivity index (χ1v) is 8.26. The Morgan fingerprint density at radius 2 is 1.92 bits per heavy atom. The Labute approximate surface area is 142 Å². The molecule has 3 N–H and O–H groups in total. The molecule has 2 aromatic carbocycles. The quantitative estimate of drug-likeness (QED) is 0.605. The second kappa shape index (κ2) is 7.32. The van der Waals surface area contributed by atoms with Gasteiger partial charge in [-0.3, -0.25) is 4.79 Å². The van der Waals surface area contributed by atoms with Crippen molar-refractivity contribution in [2.45, 2.75) is 26.8 Å². The summed E-state index contributed by atoms with van der Waals surface area (Å²) in [6.45, 7) is 5.42. The lowest BCUT2D eigenvalue weighted by molar-refractivity contribution is -0.114. The lowest BCUT2D eigenvalue weighted by Gasteiger charge is -2.07. The third-order valence-electron chi connectivity index (χ3n) is 4.17. The molecule has 3 rings (SSSR count). The average molecular weight is 321 g/mol. The number of aromatic nitrogens is 1. The van der Waals surface area contributed by atoms with Crippen LogP contribution in [0.15, 0.2) is 48.7 Å². The first-order chi connectivity index (χ1) is 11.6. The zero-order valence-electron chi connectivity index (χ0n) is 14.1. The second-order valence-electron chi connectivity index (χ2n) is 6.12. The van der Waals surface area contributed by atoms with Crippen LogP contribution in [0.1, 0.15) is 23.6 Å². The Kier molecular flexibility index (Phi) is 4.96. The number of aryl methyl sites for hydroxylation is 1. The predicted octanol–water partition coefficient (Wildman–Crippen LogP) is 3.77. The molecule has 0 unspecified atom stereocenters. The molecule has 4 nitrogen and oxygen atoms in total. The highest BCUT2D eigenvalue weighted by molar-refractivity contribution is 5.88. The molecule has 124 valence electrons. The Balaban J connectivity index is 1.52. The largest absolute Gasteiger partial charge is 0.361 e. The fourth-order valence-electron chi connectivity index (χ4n) is 3.01. The molecule has 4 heteroatoms. The Morgan fingerprint density at radius 1 is 1.12 bits per heavy atom. The highest BCUT2D eigenvalue weighted by Crippen LogP contribution is 2.22. The number of hydrogen-bond acceptors (Lipinski definition) is 2. The first-order valence-electron chi connectivity index (χ1n) is 8.26. The summed E-state index contributed by atoms with van der Waals surface area (Å²) in [6.07, 6.45) is 3.11. The molecule has 0 bridgehead atoms. The molecular formula is C20H23N3O. The van der Waals surface area contributed by atoms with E-state index in [0.29, 0.717) is 0 Å². The van der Waals surface area contributed by atoms with E-state index >= 15 is 0 Å². The van der Waals surface area contributed by atoms with Crippen LogP contribution >= 0.6 is 0 Å². The second-order valence-corrected chi connectivity index (χ2v) is 6.12. The maximum absolute atomic E-state index is 11.0. The van der Waals surface area contributed by atoms with E-state index in [-0.39, 0.29) is 5.91 Å². The molecule has 0 saturated heterocycles. The van der Waals surface area contributed by atoms with Crippen molar-refractivity contribution in [2.24, 2.45) is 0 Å². The van der Waals surface area contributed by atoms with Gasteiger partial charge >= 0.3 is 0 Å². The topological polar surface area (TPSA) is 56.9 Å². The molecule has 0 aliphatic rings. The van der Waals surface area contributed by atoms with Crippen molar-refractivity contribution in [3.05, 3.63) is 65.4 Å². The monoisotopic (exact) mass is 321 g/mol. The lowest BCUT2D eigenvalue weighted by atomic mass is 10.1. The van der Waals surface area contributed by atoms with Gasteiger partial charge in [-0.25, -0.2) is 0 Å². The molecule has 0 aliphatic carbocycles. The fraction of sp³-hybridized carbons (Fsp3) is 0.250. The van der Waals surface area contributed by atoms with Crippen molar-refractivity contribution >= 4 is 22.5 Å². The average Bonchev–Trinajstić information content (AvgIpc) is 2.97. The number of anilines is 1. The van der Waals surface area contributed by atoms with Gasteiger partial charge in [-0.15, -0.1) is 0 Å². The maximum atomic E-state index is 11.0. The zero-order chi connectivity index (χ0) is 16.9. The van der Waals surface area contributed by atoms with Crippen molar-refractivity contribution in [3.8, 4) is 0 Å². The number of rotatable bonds is 6. The third-order valence-corrected chi connectivity index (χ3v) is 4.17. The minimum atomic E-state index is -0.0464. The van der Waals surface area contributed by atoms with E-state index in [9.17, 15) is 4.79 Å². The molecule has 0 fully saturated rings. The Morgan fingerprint density at radius 3 is 2.67 bits per heavy atom. The molecule has 0 aliphatic heterocycles. The Hall–Kier alpha value is -2.59. The SMILES string of the molecule is CC(=O)Nc1ccc(CNCCc2c[nH]c3cccc(C)c23)cc1. The van der Waals surface area contributed by atoms with Crippen LogP contribution in [0.5, 0.6) is 0 Å². The number of carbonyl (C=O) groups is 1. The molecule has 0 spiro atoms. The maximum Gasteiger partial charge on any atom is 0.221 e. The van der Waals surface area contributed by atoms with Gasteiger partial charge in [0, 0.05) is 36.3 Å². The van der Waals surface area contributed by atoms with E-state index in [2.05, 4.69) is 46.9 Å². The molecule has 24 heavy (non-hydrogen) atoms. The number of aromatic amines is 1. The molecule has 3 aromatic rings. The van der Waals surface area contributed by atoms with Crippen molar-refractivity contribution in [1.29, 1.82) is 0 Å². The van der Waals surface area contributed by atoms with E-state index in [4.69, 9.17) is 0 Å². The highest BCUT2D eigenvalue weighted by Gasteiger charge is 2.05. The summed E-state index contributed by atoms with van der Waals surface area (Å²) in [6, 6.07) is 14.3. The summed E-state index contributed by atoms with van der Waals surface area (Å²) in [7, 11) is 0. The summed E-state index contributed by atoms with van der Waals surface area (Å²) in [5.41, 5.74) is 5.92. The molecule has 1 aromatic heterocycles. The van der Waals surface area contributed by atoms with Gasteiger partial charge < -0.3 is 15.6 Å². The number of carbonyl (C=O) groups excluding carboxylic acids is 1. The molecular weight excluding hydrogens is 298 g/mol. The van der Waals surface area contributed by atoms with Gasteiger partial charge in [-0.1, -0.05) is 24.3 Å². The Bertz CT molecular complexity index is 834. The van der Waals surface area contributed by atoms with Crippen molar-refractivity contribution in [1.82, 2.24) is 10.3 Å². The van der Waals surface area contributed by atoms with Crippen LogP contribution in [-0.4, -0.2) is 17.4 Å². The predicted molar refractivity (Wildman–Crippen MR) is 99.2 cm³/mol. The zero-order valence-corrected chi connectivity index (χ0v) is 14.1. The summed E-state index contributed by atoms with van der Waals surface area (Å²) < 4.78 is 0. The number of hydrogen-bond donors (Lipinski definition) is 3. The van der Waals surface area contributed by atoms with E-state index in [1.165, 1.54) is 34.5 Å². The number of H-pyrrole nitrogens is 1. The van der Waals surface area contributed by atoms with Crippen molar-refractivity contribution in [2.75, 3.05) is 11.9 Å². The van der Waals surface area contributed by atoms with Crippen LogP contribution < -0.4 is 10.6 Å². The standard InChI is InChI=1S/C20H23N3O/c1-14-4-3-5-19-20(14)17(13-22-19)10-11-21-12-16-6-8-18(9-7-16)23-15(2)24/h3-9,13,21-22H,10-12H2,1-2H3,(H,23,24). The van der Waals surface area contributed by atoms with Gasteiger partial charge in [0.05, 0.1) is 0 Å². The third kappa shape index (κ3) is 3.84. The highest BCUT2D eigenvalue weighted by atomic mass is 16.1. The molecule has 1 amide bonds. The van der Waals surface area contributed by atoms with Crippen LogP contribution in [0, 0.1) is 6.92 Å². The van der Waals surface area contributed by atoms with Gasteiger partial charge in [-0.05, 0) is 54.8 Å². The van der Waals surface area contributed by atoms with Crippen LogP contribution in [0.25, 0.3) is 10.9 Å². The van der Waals surface area contributed by atoms with E-state index < -0.39 is 0 Å². The molecule has 1 heterocycles. The summed E-state index contributed by atoms with van der Waals surface area (Å²) in [5, 5.41) is 7.61. The van der Waals surface area contributed by atoms with Gasteiger partial charge in [0.15, 0.2) is 0 Å². The van der Waals surface area contributed by atoms with Crippen LogP contribution in [0.4, 0.5) is 5.69 Å². The van der Waals surface area contributed by atoms with Gasteiger partial charge in [-0.2, -0.15) is 0 Å². The van der Waals surface area contributed by atoms with Crippen molar-refractivity contribution < 1.29 is 4.79 Å². The number of benzene rings is 2. The van der Waals surface area contributed by atoms with E-state index in [1.54, 1.807) is 0 Å². The summed E-state index contributed by atoms with van der Waals surface area (Å²) in [4.78, 5) is 14.4. The molecule has 0 radical (unpaired) electrons. The van der Waals surface area contributed by atoms with Gasteiger partial charge in [0.1, 0.15) is 0 Å². The van der Waals surface area contributed by atoms with Crippen molar-refractivity contribution in [3.63, 3.8) is 0 Å². The van der Waals surface area contributed by atoms with Gasteiger partial charge in [0.25, 0.3) is 0 Å². The molecule has 0 atom stereocenters. The summed E-state index contributed by atoms with van der Waals surface area (Å²) in [5.74, 6) is -0.0464.